The minimum Gasteiger partial charge on any atom is -0.495 e. The summed E-state index contributed by atoms with van der Waals surface area (Å²) in [5.41, 5.74) is 0.806. The number of amides is 1. The topological polar surface area (TPSA) is 87.0 Å². The second-order valence-corrected chi connectivity index (χ2v) is 5.74. The third kappa shape index (κ3) is 3.83. The highest BCUT2D eigenvalue weighted by Gasteiger charge is 2.25. The van der Waals surface area contributed by atoms with Crippen LogP contribution in [0.3, 0.4) is 0 Å². The van der Waals surface area contributed by atoms with E-state index in [-0.39, 0.29) is 23.7 Å². The van der Waals surface area contributed by atoms with Crippen LogP contribution < -0.4 is 14.8 Å². The van der Waals surface area contributed by atoms with Gasteiger partial charge in [-0.2, -0.15) is 0 Å². The summed E-state index contributed by atoms with van der Waals surface area (Å²) in [4.78, 5) is 24.8. The van der Waals surface area contributed by atoms with E-state index in [1.807, 2.05) is 0 Å². The van der Waals surface area contributed by atoms with Gasteiger partial charge in [-0.15, -0.1) is 0 Å². The Morgan fingerprint density at radius 2 is 2.00 bits per heavy atom. The number of carbonyl (C=O) groups excluding carboxylic acids is 2. The first-order chi connectivity index (χ1) is 13.0. The molecule has 1 heterocycles. The van der Waals surface area contributed by atoms with Crippen molar-refractivity contribution in [1.82, 2.24) is 0 Å². The molecular formula is C19H16ClNO6. The molecule has 140 valence electrons. The van der Waals surface area contributed by atoms with Crippen molar-refractivity contribution < 1.29 is 28.2 Å². The van der Waals surface area contributed by atoms with Crippen LogP contribution >= 0.6 is 11.6 Å². The Kier molecular flexibility index (Phi) is 5.52. The zero-order chi connectivity index (χ0) is 19.4. The van der Waals surface area contributed by atoms with E-state index < -0.39 is 12.1 Å². The molecule has 0 saturated heterocycles. The van der Waals surface area contributed by atoms with E-state index in [0.29, 0.717) is 21.7 Å². The van der Waals surface area contributed by atoms with Gasteiger partial charge in [0.2, 0.25) is 0 Å². The Bertz CT molecular complexity index is 997. The molecule has 0 aliphatic carbocycles. The van der Waals surface area contributed by atoms with Crippen LogP contribution in [0.15, 0.2) is 47.1 Å². The van der Waals surface area contributed by atoms with Crippen molar-refractivity contribution in [3.63, 3.8) is 0 Å². The minimum atomic E-state index is -0.947. The van der Waals surface area contributed by atoms with E-state index in [1.165, 1.54) is 19.4 Å². The third-order valence-corrected chi connectivity index (χ3v) is 4.01. The smallest absolute Gasteiger partial charge is 0.495 e. The molecule has 0 bridgehead atoms. The summed E-state index contributed by atoms with van der Waals surface area (Å²) in [7, 11) is 1.40. The van der Waals surface area contributed by atoms with Gasteiger partial charge in [0.25, 0.3) is 5.91 Å². The van der Waals surface area contributed by atoms with Crippen molar-refractivity contribution in [2.24, 2.45) is 0 Å². The molecule has 0 fully saturated rings. The molecule has 2 aromatic carbocycles. The Morgan fingerprint density at radius 1 is 1.22 bits per heavy atom. The summed E-state index contributed by atoms with van der Waals surface area (Å²) in [6.07, 6.45) is 0.495. The van der Waals surface area contributed by atoms with Crippen molar-refractivity contribution in [1.29, 1.82) is 0 Å². The predicted molar refractivity (Wildman–Crippen MR) is 99.8 cm³/mol. The fourth-order valence-corrected chi connectivity index (χ4v) is 2.73. The van der Waals surface area contributed by atoms with E-state index in [4.69, 9.17) is 30.2 Å². The first-order valence-electron chi connectivity index (χ1n) is 8.03. The quantitative estimate of drug-likeness (QED) is 0.494. The van der Waals surface area contributed by atoms with Crippen molar-refractivity contribution in [2.75, 3.05) is 19.0 Å². The maximum atomic E-state index is 13.0. The number of anilines is 1. The summed E-state index contributed by atoms with van der Waals surface area (Å²) in [6, 6.07) is 9.84. The lowest BCUT2D eigenvalue weighted by molar-refractivity contribution is 0.0991. The molecule has 0 radical (unpaired) electrons. The van der Waals surface area contributed by atoms with Gasteiger partial charge < -0.3 is 23.9 Å². The number of halogens is 1. The van der Waals surface area contributed by atoms with Gasteiger partial charge in [-0.25, -0.2) is 4.79 Å². The molecule has 27 heavy (non-hydrogen) atoms. The largest absolute Gasteiger partial charge is 0.513 e. The Labute approximate surface area is 159 Å². The number of methoxy groups -OCH3 is 1. The third-order valence-electron chi connectivity index (χ3n) is 3.68. The molecule has 7 nitrogen and oxygen atoms in total. The Hall–Kier alpha value is -3.19. The average Bonchev–Trinajstić information content (AvgIpc) is 3.10. The summed E-state index contributed by atoms with van der Waals surface area (Å²) in [6.45, 7) is 1.77. The standard InChI is InChI=1S/C19H16ClNO6/c1-3-25-19(23)27-15-10-14-11(8-9-26-14)17(24-2)16(15)18(22)21-13-7-5-4-6-12(13)20/h4-10H,3H2,1-2H3,(H,21,22). The minimum absolute atomic E-state index is 0.0133. The second kappa shape index (κ2) is 8.01. The number of benzene rings is 2. The monoisotopic (exact) mass is 389 g/mol. The molecule has 8 heteroatoms. The van der Waals surface area contributed by atoms with Gasteiger partial charge in [0.05, 0.1) is 36.1 Å². The van der Waals surface area contributed by atoms with E-state index >= 15 is 0 Å². The van der Waals surface area contributed by atoms with E-state index in [0.717, 1.165) is 0 Å². The summed E-state index contributed by atoms with van der Waals surface area (Å²) >= 11 is 6.11. The lowest BCUT2D eigenvalue weighted by Crippen LogP contribution is -2.18. The first kappa shape index (κ1) is 18.6. The van der Waals surface area contributed by atoms with Crippen LogP contribution in [0, 0.1) is 0 Å². The van der Waals surface area contributed by atoms with Gasteiger partial charge in [-0.3, -0.25) is 4.79 Å². The highest BCUT2D eigenvalue weighted by atomic mass is 35.5. The molecule has 3 rings (SSSR count). The van der Waals surface area contributed by atoms with Gasteiger partial charge in [-0.05, 0) is 25.1 Å². The van der Waals surface area contributed by atoms with Crippen LogP contribution in [0.4, 0.5) is 10.5 Å². The number of para-hydroxylation sites is 1. The lowest BCUT2D eigenvalue weighted by atomic mass is 10.1. The molecule has 1 amide bonds. The zero-order valence-corrected chi connectivity index (χ0v) is 15.3. The lowest BCUT2D eigenvalue weighted by Gasteiger charge is -2.15. The number of hydrogen-bond acceptors (Lipinski definition) is 6. The molecular weight excluding hydrogens is 374 g/mol. The molecule has 0 spiro atoms. The van der Waals surface area contributed by atoms with E-state index in [9.17, 15) is 9.59 Å². The van der Waals surface area contributed by atoms with E-state index in [1.54, 1.807) is 37.3 Å². The number of rotatable bonds is 5. The van der Waals surface area contributed by atoms with Crippen LogP contribution in [0.5, 0.6) is 11.5 Å². The number of carbonyl (C=O) groups is 2. The SMILES string of the molecule is CCOC(=O)Oc1cc2occc2c(OC)c1C(=O)Nc1ccccc1Cl. The summed E-state index contributed by atoms with van der Waals surface area (Å²) in [5.74, 6) is -0.426. The molecule has 0 atom stereocenters. The highest BCUT2D eigenvalue weighted by molar-refractivity contribution is 6.34. The van der Waals surface area contributed by atoms with Crippen molar-refractivity contribution in [3.05, 3.63) is 53.2 Å². The number of ether oxygens (including phenoxy) is 3. The molecule has 3 aromatic rings. The molecule has 0 saturated carbocycles. The predicted octanol–water partition coefficient (Wildman–Crippen LogP) is 4.88. The molecule has 1 N–H and O–H groups in total. The normalized spacial score (nSPS) is 10.5. The van der Waals surface area contributed by atoms with Crippen LogP contribution in [0.2, 0.25) is 5.02 Å². The van der Waals surface area contributed by atoms with Gasteiger partial charge in [0.15, 0.2) is 5.75 Å². The highest BCUT2D eigenvalue weighted by Crippen LogP contribution is 2.38. The summed E-state index contributed by atoms with van der Waals surface area (Å²) in [5, 5.41) is 3.61. The fraction of sp³-hybridized carbons (Fsp3) is 0.158. The molecule has 0 aliphatic rings. The maximum absolute atomic E-state index is 13.0. The van der Waals surface area contributed by atoms with Gasteiger partial charge in [0.1, 0.15) is 16.9 Å². The van der Waals surface area contributed by atoms with Crippen LogP contribution in [-0.4, -0.2) is 25.8 Å². The van der Waals surface area contributed by atoms with E-state index in [2.05, 4.69) is 5.32 Å². The zero-order valence-electron chi connectivity index (χ0n) is 14.6. The average molecular weight is 390 g/mol. The molecule has 1 aromatic heterocycles. The van der Waals surface area contributed by atoms with Gasteiger partial charge in [0, 0.05) is 6.07 Å². The van der Waals surface area contributed by atoms with Gasteiger partial charge >= 0.3 is 6.16 Å². The Balaban J connectivity index is 2.08. The number of hydrogen-bond donors (Lipinski definition) is 1. The van der Waals surface area contributed by atoms with Crippen LogP contribution in [-0.2, 0) is 4.74 Å². The maximum Gasteiger partial charge on any atom is 0.513 e. The van der Waals surface area contributed by atoms with Crippen LogP contribution in [0.25, 0.3) is 11.0 Å². The van der Waals surface area contributed by atoms with Crippen molar-refractivity contribution in [3.8, 4) is 11.5 Å². The fourth-order valence-electron chi connectivity index (χ4n) is 2.55. The number of fused-ring (bicyclic) bond motifs is 1. The van der Waals surface area contributed by atoms with Crippen molar-refractivity contribution >= 4 is 40.3 Å². The first-order valence-corrected chi connectivity index (χ1v) is 8.41. The second-order valence-electron chi connectivity index (χ2n) is 5.33. The number of nitrogens with one attached hydrogen (secondary N) is 1. The molecule has 0 aliphatic heterocycles. The number of furan rings is 1. The van der Waals surface area contributed by atoms with Crippen molar-refractivity contribution in [2.45, 2.75) is 6.92 Å². The van der Waals surface area contributed by atoms with Crippen LogP contribution in [0.1, 0.15) is 17.3 Å². The molecule has 0 unspecified atom stereocenters. The van der Waals surface area contributed by atoms with Gasteiger partial charge in [-0.1, -0.05) is 23.7 Å². The Morgan fingerprint density at radius 3 is 2.70 bits per heavy atom. The summed E-state index contributed by atoms with van der Waals surface area (Å²) < 4.78 is 20.8.